The summed E-state index contributed by atoms with van der Waals surface area (Å²) in [5, 5.41) is 5.12. The lowest BCUT2D eigenvalue weighted by Gasteiger charge is -2.11. The van der Waals surface area contributed by atoms with Gasteiger partial charge in [-0.05, 0) is 30.2 Å². The highest BCUT2D eigenvalue weighted by atomic mass is 16.7. The lowest BCUT2D eigenvalue weighted by molar-refractivity contribution is 0.0649. The summed E-state index contributed by atoms with van der Waals surface area (Å²) in [5.41, 5.74) is 6.64. The number of rotatable bonds is 8. The topological polar surface area (TPSA) is 80.8 Å². The molecule has 3 aromatic rings. The second-order valence-electron chi connectivity index (χ2n) is 7.03. The van der Waals surface area contributed by atoms with Gasteiger partial charge in [0.2, 0.25) is 0 Å². The highest BCUT2D eigenvalue weighted by molar-refractivity contribution is 5.70. The number of ether oxygens (including phenoxy) is 2. The van der Waals surface area contributed by atoms with Crippen LogP contribution in [0.15, 0.2) is 60.8 Å². The molecule has 1 aliphatic rings. The van der Waals surface area contributed by atoms with Crippen molar-refractivity contribution in [2.75, 3.05) is 33.1 Å². The fraction of sp³-hybridized carbons (Fsp3) is 0.217. The van der Waals surface area contributed by atoms with Crippen LogP contribution in [-0.2, 0) is 11.3 Å². The van der Waals surface area contributed by atoms with Gasteiger partial charge in [0.25, 0.3) is 0 Å². The molecule has 2 N–H and O–H groups in total. The van der Waals surface area contributed by atoms with E-state index in [1.165, 1.54) is 5.56 Å². The molecule has 31 heavy (non-hydrogen) atoms. The molecule has 0 atom stereocenters. The summed E-state index contributed by atoms with van der Waals surface area (Å²) in [6.45, 7) is 0.727. The van der Waals surface area contributed by atoms with E-state index >= 15 is 0 Å². The minimum absolute atomic E-state index is 0.313. The van der Waals surface area contributed by atoms with Crippen LogP contribution in [0.1, 0.15) is 11.1 Å². The molecule has 160 valence electrons. The second kappa shape index (κ2) is 9.36. The summed E-state index contributed by atoms with van der Waals surface area (Å²) >= 11 is 0. The van der Waals surface area contributed by atoms with Gasteiger partial charge in [0.05, 0.1) is 26.1 Å². The van der Waals surface area contributed by atoms with Crippen LogP contribution < -0.4 is 20.4 Å². The molecule has 0 spiro atoms. The average molecular weight is 419 g/mol. The lowest BCUT2D eigenvalue weighted by atomic mass is 10.1. The molecule has 8 nitrogen and oxygen atoms in total. The predicted molar refractivity (Wildman–Crippen MR) is 119 cm³/mol. The van der Waals surface area contributed by atoms with E-state index in [-0.39, 0.29) is 0 Å². The van der Waals surface area contributed by atoms with E-state index in [0.29, 0.717) is 11.8 Å². The predicted octanol–water partition coefficient (Wildman–Crippen LogP) is 3.50. The fourth-order valence-electron chi connectivity index (χ4n) is 3.20. The van der Waals surface area contributed by atoms with Gasteiger partial charge in [0, 0.05) is 30.8 Å². The summed E-state index contributed by atoms with van der Waals surface area (Å²) in [5.74, 6) is 2.30. The number of benzene rings is 2. The fourth-order valence-corrected chi connectivity index (χ4v) is 3.20. The molecule has 0 fully saturated rings. The van der Waals surface area contributed by atoms with Gasteiger partial charge in [-0.3, -0.25) is 5.01 Å². The van der Waals surface area contributed by atoms with Crippen molar-refractivity contribution in [1.82, 2.24) is 20.6 Å². The third kappa shape index (κ3) is 5.04. The van der Waals surface area contributed by atoms with Crippen LogP contribution in [0.2, 0.25) is 0 Å². The number of hydrazine groups is 1. The molecule has 0 saturated heterocycles. The number of methoxy groups -OCH3 is 2. The number of hydrogen-bond acceptors (Lipinski definition) is 8. The van der Waals surface area contributed by atoms with Crippen LogP contribution in [0.5, 0.6) is 11.8 Å². The molecule has 4 rings (SSSR count). The van der Waals surface area contributed by atoms with Gasteiger partial charge in [0.1, 0.15) is 11.6 Å². The summed E-state index contributed by atoms with van der Waals surface area (Å²) in [4.78, 5) is 14.4. The van der Waals surface area contributed by atoms with E-state index in [4.69, 9.17) is 14.3 Å². The zero-order chi connectivity index (χ0) is 21.6. The maximum atomic E-state index is 5.48. The highest BCUT2D eigenvalue weighted by Crippen LogP contribution is 2.27. The van der Waals surface area contributed by atoms with E-state index in [2.05, 4.69) is 33.0 Å². The van der Waals surface area contributed by atoms with Crippen LogP contribution in [0, 0.1) is 0 Å². The molecule has 0 aliphatic carbocycles. The number of nitrogens with one attached hydrogen (secondary N) is 2. The molecule has 8 heteroatoms. The number of nitrogens with zero attached hydrogens (tertiary/aromatic N) is 3. The van der Waals surface area contributed by atoms with Crippen LogP contribution in [0.3, 0.4) is 0 Å². The average Bonchev–Trinajstić information content (AvgIpc) is 3.26. The minimum atomic E-state index is 0.313. The van der Waals surface area contributed by atoms with E-state index in [1.807, 2.05) is 55.7 Å². The van der Waals surface area contributed by atoms with Gasteiger partial charge in [-0.1, -0.05) is 35.9 Å². The van der Waals surface area contributed by atoms with E-state index in [0.717, 1.165) is 41.3 Å². The van der Waals surface area contributed by atoms with Crippen LogP contribution >= 0.6 is 0 Å². The molecule has 1 aromatic heterocycles. The zero-order valence-corrected chi connectivity index (χ0v) is 17.8. The van der Waals surface area contributed by atoms with Crippen LogP contribution in [-0.4, -0.2) is 42.8 Å². The molecule has 0 radical (unpaired) electrons. The maximum Gasteiger partial charge on any atom is 0.318 e. The van der Waals surface area contributed by atoms with Crippen molar-refractivity contribution in [2.24, 2.45) is 0 Å². The van der Waals surface area contributed by atoms with Crippen molar-refractivity contribution < 1.29 is 14.3 Å². The monoisotopic (exact) mass is 419 g/mol. The first-order valence-electron chi connectivity index (χ1n) is 9.92. The Balaban J connectivity index is 1.50. The van der Waals surface area contributed by atoms with E-state index in [9.17, 15) is 0 Å². The number of hydrogen-bond donors (Lipinski definition) is 2. The first kappa shape index (κ1) is 20.5. The van der Waals surface area contributed by atoms with Crippen molar-refractivity contribution in [1.29, 1.82) is 0 Å². The Labute approximate surface area is 181 Å². The normalized spacial score (nSPS) is 12.9. The largest absolute Gasteiger partial charge is 0.497 e. The quantitative estimate of drug-likeness (QED) is 0.574. The first-order valence-corrected chi connectivity index (χ1v) is 9.92. The Bertz CT molecular complexity index is 1070. The van der Waals surface area contributed by atoms with Crippen LogP contribution in [0.4, 0.5) is 5.82 Å². The van der Waals surface area contributed by atoms with E-state index in [1.54, 1.807) is 19.2 Å². The third-order valence-electron chi connectivity index (χ3n) is 4.82. The highest BCUT2D eigenvalue weighted by Gasteiger charge is 2.14. The summed E-state index contributed by atoms with van der Waals surface area (Å²) < 4.78 is 10.5. The second-order valence-corrected chi connectivity index (χ2v) is 7.03. The van der Waals surface area contributed by atoms with Gasteiger partial charge in [-0.2, -0.15) is 9.97 Å². The molecule has 1 aliphatic heterocycles. The molecule has 2 heterocycles. The van der Waals surface area contributed by atoms with Crippen molar-refractivity contribution in [3.8, 4) is 23.0 Å². The van der Waals surface area contributed by atoms with Gasteiger partial charge in [-0.25, -0.2) is 0 Å². The van der Waals surface area contributed by atoms with Crippen LogP contribution in [0.25, 0.3) is 17.0 Å². The van der Waals surface area contributed by atoms with E-state index < -0.39 is 0 Å². The lowest BCUT2D eigenvalue weighted by Crippen LogP contribution is -2.22. The zero-order valence-electron chi connectivity index (χ0n) is 17.8. The van der Waals surface area contributed by atoms with Gasteiger partial charge >= 0.3 is 6.01 Å². The molecule has 0 amide bonds. The third-order valence-corrected chi connectivity index (χ3v) is 4.82. The molecule has 0 bridgehead atoms. The Kier molecular flexibility index (Phi) is 6.18. The minimum Gasteiger partial charge on any atom is -0.497 e. The summed E-state index contributed by atoms with van der Waals surface area (Å²) in [6, 6.07) is 18.3. The Morgan fingerprint density at radius 2 is 1.81 bits per heavy atom. The SMILES string of the molecule is COc1ccc(CCNc2cc(-c3cccc(C4=CN(C)NO4)c3)nc(OC)n2)cc1. The van der Waals surface area contributed by atoms with Crippen molar-refractivity contribution >= 4 is 11.6 Å². The Morgan fingerprint density at radius 1 is 1.00 bits per heavy atom. The standard InChI is InChI=1S/C23H25N5O3/c1-28-15-21(31-27-28)18-6-4-5-17(13-18)20-14-22(26-23(25-20)30-3)24-12-11-16-7-9-19(29-2)10-8-16/h4-10,13-15,27H,11-12H2,1-3H3,(H,24,25,26). The molecule has 2 aromatic carbocycles. The van der Waals surface area contributed by atoms with Crippen molar-refractivity contribution in [3.05, 3.63) is 71.9 Å². The van der Waals surface area contributed by atoms with Gasteiger partial charge in [-0.15, -0.1) is 0 Å². The molecular formula is C23H25N5O3. The smallest absolute Gasteiger partial charge is 0.318 e. The van der Waals surface area contributed by atoms with Gasteiger partial charge < -0.3 is 19.6 Å². The Morgan fingerprint density at radius 3 is 2.52 bits per heavy atom. The summed E-state index contributed by atoms with van der Waals surface area (Å²) in [7, 11) is 5.10. The number of anilines is 1. The number of aromatic nitrogens is 2. The van der Waals surface area contributed by atoms with Gasteiger partial charge in [0.15, 0.2) is 5.76 Å². The summed E-state index contributed by atoms with van der Waals surface area (Å²) in [6.07, 6.45) is 2.74. The first-order chi connectivity index (χ1) is 15.1. The molecular weight excluding hydrogens is 394 g/mol. The Hall–Kier alpha value is -3.78. The van der Waals surface area contributed by atoms with Crippen molar-refractivity contribution in [2.45, 2.75) is 6.42 Å². The maximum absolute atomic E-state index is 5.48. The molecule has 0 unspecified atom stereocenters. The van der Waals surface area contributed by atoms with Crippen molar-refractivity contribution in [3.63, 3.8) is 0 Å². The molecule has 0 saturated carbocycles.